The van der Waals surface area contributed by atoms with Crippen LogP contribution in [0.25, 0.3) is 11.3 Å². The lowest BCUT2D eigenvalue weighted by atomic mass is 10.0. The Hall–Kier alpha value is -1.52. The monoisotopic (exact) mass is 310 g/mol. The van der Waals surface area contributed by atoms with E-state index in [0.29, 0.717) is 21.6 Å². The molecular formula is C14H16Cl2N4. The summed E-state index contributed by atoms with van der Waals surface area (Å²) in [5.41, 5.74) is 13.9. The van der Waals surface area contributed by atoms with Crippen LogP contribution in [0, 0.1) is 0 Å². The number of aromatic nitrogens is 2. The van der Waals surface area contributed by atoms with Gasteiger partial charge in [0.05, 0.1) is 15.7 Å². The first-order valence-electron chi connectivity index (χ1n) is 6.40. The van der Waals surface area contributed by atoms with Crippen LogP contribution >= 0.6 is 23.2 Å². The van der Waals surface area contributed by atoms with Crippen molar-refractivity contribution < 1.29 is 0 Å². The van der Waals surface area contributed by atoms with E-state index in [1.807, 2.05) is 12.1 Å². The highest BCUT2D eigenvalue weighted by molar-refractivity contribution is 6.43. The van der Waals surface area contributed by atoms with Gasteiger partial charge in [0.25, 0.3) is 0 Å². The van der Waals surface area contributed by atoms with E-state index in [-0.39, 0.29) is 5.95 Å². The Labute approximate surface area is 128 Å². The third-order valence-corrected chi connectivity index (χ3v) is 3.86. The van der Waals surface area contributed by atoms with Gasteiger partial charge in [-0.15, -0.1) is 0 Å². The van der Waals surface area contributed by atoms with Gasteiger partial charge in [-0.05, 0) is 18.9 Å². The van der Waals surface area contributed by atoms with Gasteiger partial charge in [0.15, 0.2) is 0 Å². The second-order valence-electron chi connectivity index (χ2n) is 4.50. The van der Waals surface area contributed by atoms with Crippen molar-refractivity contribution in [3.63, 3.8) is 0 Å². The normalized spacial score (nSPS) is 10.8. The number of anilines is 2. The number of nitrogens with zero attached hydrogens (tertiary/aromatic N) is 2. The number of hydrogen-bond acceptors (Lipinski definition) is 4. The predicted molar refractivity (Wildman–Crippen MR) is 84.9 cm³/mol. The summed E-state index contributed by atoms with van der Waals surface area (Å²) in [4.78, 5) is 8.34. The highest BCUT2D eigenvalue weighted by atomic mass is 35.5. The van der Waals surface area contributed by atoms with Crippen LogP contribution in [-0.4, -0.2) is 9.97 Å². The molecule has 2 rings (SSSR count). The number of benzene rings is 1. The average Bonchev–Trinajstić information content (AvgIpc) is 2.40. The van der Waals surface area contributed by atoms with Crippen molar-refractivity contribution in [3.8, 4) is 11.3 Å². The molecule has 0 bridgehead atoms. The molecule has 0 fully saturated rings. The molecule has 20 heavy (non-hydrogen) atoms. The lowest BCUT2D eigenvalue weighted by molar-refractivity contribution is 0.792. The number of hydrogen-bond donors (Lipinski definition) is 2. The molecule has 2 aromatic rings. The Morgan fingerprint density at radius 1 is 1.15 bits per heavy atom. The van der Waals surface area contributed by atoms with E-state index in [1.54, 1.807) is 6.07 Å². The molecule has 0 saturated carbocycles. The van der Waals surface area contributed by atoms with Gasteiger partial charge in [0, 0.05) is 11.1 Å². The van der Waals surface area contributed by atoms with Gasteiger partial charge >= 0.3 is 0 Å². The van der Waals surface area contributed by atoms with E-state index >= 15 is 0 Å². The van der Waals surface area contributed by atoms with Crippen LogP contribution in [0.15, 0.2) is 18.2 Å². The molecule has 0 saturated heterocycles. The van der Waals surface area contributed by atoms with Crippen molar-refractivity contribution in [2.24, 2.45) is 0 Å². The topological polar surface area (TPSA) is 77.8 Å². The van der Waals surface area contributed by atoms with Gasteiger partial charge in [0.1, 0.15) is 5.82 Å². The summed E-state index contributed by atoms with van der Waals surface area (Å²) in [6.07, 6.45) is 2.82. The van der Waals surface area contributed by atoms with Crippen LogP contribution in [0.4, 0.5) is 11.8 Å². The number of rotatable bonds is 4. The number of nitrogens with two attached hydrogens (primary N) is 2. The molecule has 0 amide bonds. The maximum absolute atomic E-state index is 6.26. The number of halogens is 2. The summed E-state index contributed by atoms with van der Waals surface area (Å²) in [5, 5.41) is 0.922. The quantitative estimate of drug-likeness (QED) is 0.896. The van der Waals surface area contributed by atoms with Gasteiger partial charge in [-0.25, -0.2) is 4.98 Å². The molecule has 0 aliphatic carbocycles. The maximum atomic E-state index is 6.26. The minimum Gasteiger partial charge on any atom is -0.383 e. The Morgan fingerprint density at radius 3 is 2.60 bits per heavy atom. The maximum Gasteiger partial charge on any atom is 0.222 e. The smallest absolute Gasteiger partial charge is 0.222 e. The zero-order chi connectivity index (χ0) is 14.7. The van der Waals surface area contributed by atoms with Crippen molar-refractivity contribution in [1.29, 1.82) is 0 Å². The fourth-order valence-corrected chi connectivity index (χ4v) is 2.42. The minimum absolute atomic E-state index is 0.133. The van der Waals surface area contributed by atoms with Crippen LogP contribution in [0.1, 0.15) is 25.3 Å². The van der Waals surface area contributed by atoms with E-state index in [1.165, 1.54) is 0 Å². The van der Waals surface area contributed by atoms with Crippen LogP contribution in [0.2, 0.25) is 10.0 Å². The predicted octanol–water partition coefficient (Wildman–Crippen LogP) is 3.96. The summed E-state index contributed by atoms with van der Waals surface area (Å²) in [6.45, 7) is 2.11. The van der Waals surface area contributed by atoms with Gasteiger partial charge in [-0.2, -0.15) is 4.98 Å². The molecule has 0 atom stereocenters. The molecule has 1 heterocycles. The first-order valence-corrected chi connectivity index (χ1v) is 7.16. The van der Waals surface area contributed by atoms with Crippen molar-refractivity contribution in [2.45, 2.75) is 26.2 Å². The first kappa shape index (κ1) is 14.9. The van der Waals surface area contributed by atoms with Crippen LogP contribution in [-0.2, 0) is 6.42 Å². The molecule has 1 aromatic carbocycles. The fraction of sp³-hybridized carbons (Fsp3) is 0.286. The Kier molecular flexibility index (Phi) is 4.68. The largest absolute Gasteiger partial charge is 0.383 e. The van der Waals surface area contributed by atoms with Gasteiger partial charge in [0.2, 0.25) is 5.95 Å². The molecule has 0 aliphatic rings. The summed E-state index contributed by atoms with van der Waals surface area (Å²) in [5.74, 6) is 0.533. The zero-order valence-corrected chi connectivity index (χ0v) is 12.7. The Balaban J connectivity index is 2.62. The first-order chi connectivity index (χ1) is 9.54. The fourth-order valence-electron chi connectivity index (χ4n) is 2.03. The van der Waals surface area contributed by atoms with Crippen molar-refractivity contribution in [3.05, 3.63) is 33.8 Å². The number of unbranched alkanes of at least 4 members (excludes halogenated alkanes) is 1. The van der Waals surface area contributed by atoms with Gasteiger partial charge in [-0.3, -0.25) is 0 Å². The molecule has 0 spiro atoms. The van der Waals surface area contributed by atoms with Crippen molar-refractivity contribution >= 4 is 35.0 Å². The van der Waals surface area contributed by atoms with E-state index < -0.39 is 0 Å². The molecule has 4 N–H and O–H groups in total. The molecule has 6 heteroatoms. The summed E-state index contributed by atoms with van der Waals surface area (Å²) in [7, 11) is 0. The highest BCUT2D eigenvalue weighted by Gasteiger charge is 2.16. The molecular weight excluding hydrogens is 295 g/mol. The molecule has 0 aliphatic heterocycles. The van der Waals surface area contributed by atoms with Gasteiger partial charge < -0.3 is 11.5 Å². The molecule has 0 radical (unpaired) electrons. The lowest BCUT2D eigenvalue weighted by Gasteiger charge is -2.13. The third-order valence-electron chi connectivity index (χ3n) is 3.04. The lowest BCUT2D eigenvalue weighted by Crippen LogP contribution is -2.07. The third kappa shape index (κ3) is 2.97. The summed E-state index contributed by atoms with van der Waals surface area (Å²) >= 11 is 12.3. The zero-order valence-electron chi connectivity index (χ0n) is 11.2. The van der Waals surface area contributed by atoms with E-state index in [0.717, 1.165) is 30.4 Å². The Morgan fingerprint density at radius 2 is 1.90 bits per heavy atom. The van der Waals surface area contributed by atoms with E-state index in [9.17, 15) is 0 Å². The van der Waals surface area contributed by atoms with Crippen molar-refractivity contribution in [1.82, 2.24) is 9.97 Å². The van der Waals surface area contributed by atoms with Gasteiger partial charge in [-0.1, -0.05) is 48.7 Å². The summed E-state index contributed by atoms with van der Waals surface area (Å²) in [6, 6.07) is 5.40. The summed E-state index contributed by atoms with van der Waals surface area (Å²) < 4.78 is 0. The molecule has 106 valence electrons. The van der Waals surface area contributed by atoms with Crippen LogP contribution in [0.5, 0.6) is 0 Å². The second-order valence-corrected chi connectivity index (χ2v) is 5.28. The minimum atomic E-state index is 0.133. The van der Waals surface area contributed by atoms with Crippen LogP contribution < -0.4 is 11.5 Å². The molecule has 0 unspecified atom stereocenters. The van der Waals surface area contributed by atoms with Crippen LogP contribution in [0.3, 0.4) is 0 Å². The number of nitrogen functional groups attached to an aromatic ring is 2. The molecule has 4 nitrogen and oxygen atoms in total. The average molecular weight is 311 g/mol. The second kappa shape index (κ2) is 6.29. The van der Waals surface area contributed by atoms with E-state index in [4.69, 9.17) is 34.7 Å². The van der Waals surface area contributed by atoms with E-state index in [2.05, 4.69) is 16.9 Å². The molecule has 1 aromatic heterocycles. The standard InChI is InChI=1S/C14H16Cl2N4/c1-2-3-5-9-12(19-14(18)20-13(9)17)8-6-4-7-10(15)11(8)16/h4,6-7H,2-3,5H2,1H3,(H4,17,18,19,20). The SMILES string of the molecule is CCCCc1c(N)nc(N)nc1-c1cccc(Cl)c1Cl. The Bertz CT molecular complexity index is 629. The highest BCUT2D eigenvalue weighted by Crippen LogP contribution is 2.36. The van der Waals surface area contributed by atoms with Crippen molar-refractivity contribution in [2.75, 3.05) is 11.5 Å².